The summed E-state index contributed by atoms with van der Waals surface area (Å²) in [5.41, 5.74) is 0.176. The molecule has 0 radical (unpaired) electrons. The molecule has 0 atom stereocenters. The maximum absolute atomic E-state index is 13.4. The van der Waals surface area contributed by atoms with Crippen molar-refractivity contribution in [1.29, 1.82) is 0 Å². The van der Waals surface area contributed by atoms with E-state index < -0.39 is 29.2 Å². The number of amides is 1. The maximum atomic E-state index is 13.4. The van der Waals surface area contributed by atoms with E-state index in [4.69, 9.17) is 16.0 Å². The van der Waals surface area contributed by atoms with Gasteiger partial charge < -0.3 is 9.73 Å². The van der Waals surface area contributed by atoms with Crippen molar-refractivity contribution in [2.24, 2.45) is 0 Å². The van der Waals surface area contributed by atoms with Gasteiger partial charge in [0.15, 0.2) is 0 Å². The number of benzene rings is 2. The van der Waals surface area contributed by atoms with Crippen molar-refractivity contribution in [3.05, 3.63) is 76.3 Å². The van der Waals surface area contributed by atoms with E-state index in [1.165, 1.54) is 36.4 Å². The Morgan fingerprint density at radius 3 is 2.33 bits per heavy atom. The molecule has 0 fully saturated rings. The van der Waals surface area contributed by atoms with Gasteiger partial charge in [0.1, 0.15) is 11.6 Å². The molecule has 3 nitrogen and oxygen atoms in total. The molecule has 1 aromatic heterocycles. The molecule has 2 aromatic carbocycles. The lowest BCUT2D eigenvalue weighted by Gasteiger charge is -2.08. The quantitative estimate of drug-likeness (QED) is 0.525. The fraction of sp³-hybridized carbons (Fsp3) is 0.105. The van der Waals surface area contributed by atoms with Crippen molar-refractivity contribution in [3.8, 4) is 11.3 Å². The number of halogens is 5. The summed E-state index contributed by atoms with van der Waals surface area (Å²) in [6, 6.07) is 10.6. The monoisotopic (exact) mass is 397 g/mol. The Morgan fingerprint density at radius 1 is 1.07 bits per heavy atom. The van der Waals surface area contributed by atoms with Crippen molar-refractivity contribution in [2.45, 2.75) is 13.1 Å². The van der Waals surface area contributed by atoms with E-state index in [0.29, 0.717) is 16.1 Å². The summed E-state index contributed by atoms with van der Waals surface area (Å²) >= 11 is 5.77. The number of carbonyl (C=O) groups excluding carboxylic acids is 1. The lowest BCUT2D eigenvalue weighted by Crippen LogP contribution is -2.17. The van der Waals surface area contributed by atoms with Crippen LogP contribution < -0.4 is 5.32 Å². The number of alkyl halides is 3. The van der Waals surface area contributed by atoms with E-state index in [1.807, 2.05) is 0 Å². The molecule has 3 aromatic rings. The summed E-state index contributed by atoms with van der Waals surface area (Å²) in [5, 5.41) is 2.67. The van der Waals surface area contributed by atoms with Crippen LogP contribution in [-0.4, -0.2) is 5.91 Å². The van der Waals surface area contributed by atoms with E-state index in [2.05, 4.69) is 5.32 Å². The largest absolute Gasteiger partial charge is 0.451 e. The highest BCUT2D eigenvalue weighted by Gasteiger charge is 2.40. The Bertz CT molecular complexity index is 974. The van der Waals surface area contributed by atoms with Crippen LogP contribution in [0.4, 0.5) is 23.2 Å². The standard InChI is InChI=1S/C19H12ClF4NO2/c1-10-6-13(21)8-14(7-10)25-18(26)15-9-16(27-17(15)19(22,23)24)11-2-4-12(20)5-3-11/h2-9H,1H3,(H,25,26). The van der Waals surface area contributed by atoms with E-state index in [0.717, 1.165) is 12.1 Å². The fourth-order valence-corrected chi connectivity index (χ4v) is 2.66. The fourth-order valence-electron chi connectivity index (χ4n) is 2.53. The number of rotatable bonds is 3. The van der Waals surface area contributed by atoms with Crippen LogP contribution in [0.2, 0.25) is 5.02 Å². The number of carbonyl (C=O) groups is 1. The van der Waals surface area contributed by atoms with E-state index in [-0.39, 0.29) is 11.4 Å². The van der Waals surface area contributed by atoms with Gasteiger partial charge in [0.2, 0.25) is 5.76 Å². The average Bonchev–Trinajstić information content (AvgIpc) is 3.00. The van der Waals surface area contributed by atoms with Crippen LogP contribution in [0.15, 0.2) is 52.9 Å². The molecule has 8 heteroatoms. The highest BCUT2D eigenvalue weighted by atomic mass is 35.5. The van der Waals surface area contributed by atoms with E-state index in [1.54, 1.807) is 6.92 Å². The number of hydrogen-bond donors (Lipinski definition) is 1. The molecule has 140 valence electrons. The maximum Gasteiger partial charge on any atom is 0.450 e. The van der Waals surface area contributed by atoms with Crippen LogP contribution in [-0.2, 0) is 6.18 Å². The summed E-state index contributed by atoms with van der Waals surface area (Å²) in [7, 11) is 0. The second-order valence-electron chi connectivity index (χ2n) is 5.83. The number of furan rings is 1. The summed E-state index contributed by atoms with van der Waals surface area (Å²) in [5.74, 6) is -3.25. The van der Waals surface area contributed by atoms with E-state index in [9.17, 15) is 22.4 Å². The molecule has 27 heavy (non-hydrogen) atoms. The molecule has 0 saturated heterocycles. The summed E-state index contributed by atoms with van der Waals surface area (Å²) < 4.78 is 58.3. The number of hydrogen-bond acceptors (Lipinski definition) is 2. The zero-order valence-corrected chi connectivity index (χ0v) is 14.6. The Kier molecular flexibility index (Phi) is 4.97. The number of nitrogens with one attached hydrogen (secondary N) is 1. The average molecular weight is 398 g/mol. The minimum atomic E-state index is -4.88. The van der Waals surface area contributed by atoms with Crippen LogP contribution >= 0.6 is 11.6 Å². The second kappa shape index (κ2) is 7.08. The first-order valence-electron chi connectivity index (χ1n) is 7.69. The zero-order chi connectivity index (χ0) is 19.8. The summed E-state index contributed by atoms with van der Waals surface area (Å²) in [6.07, 6.45) is -4.88. The first kappa shape index (κ1) is 19.0. The van der Waals surface area contributed by atoms with Crippen molar-refractivity contribution >= 4 is 23.2 Å². The normalized spacial score (nSPS) is 11.5. The van der Waals surface area contributed by atoms with Gasteiger partial charge in [0.25, 0.3) is 5.91 Å². The van der Waals surface area contributed by atoms with Crippen LogP contribution in [0, 0.1) is 12.7 Å². The van der Waals surface area contributed by atoms with Crippen LogP contribution in [0.1, 0.15) is 21.7 Å². The van der Waals surface area contributed by atoms with Gasteiger partial charge in [-0.1, -0.05) is 11.6 Å². The predicted octanol–water partition coefficient (Wildman–Crippen LogP) is 6.32. The number of anilines is 1. The Morgan fingerprint density at radius 2 is 1.74 bits per heavy atom. The first-order valence-corrected chi connectivity index (χ1v) is 8.07. The Labute approximate surface area is 156 Å². The van der Waals surface area contributed by atoms with E-state index >= 15 is 0 Å². The third-order valence-electron chi connectivity index (χ3n) is 3.66. The van der Waals surface area contributed by atoms with Gasteiger partial charge in [-0.15, -0.1) is 0 Å². The molecular weight excluding hydrogens is 386 g/mol. The van der Waals surface area contributed by atoms with Crippen molar-refractivity contribution < 1.29 is 26.8 Å². The van der Waals surface area contributed by atoms with Gasteiger partial charge >= 0.3 is 6.18 Å². The highest BCUT2D eigenvalue weighted by Crippen LogP contribution is 2.37. The third kappa shape index (κ3) is 4.31. The molecule has 0 saturated carbocycles. The highest BCUT2D eigenvalue weighted by molar-refractivity contribution is 6.30. The number of aryl methyl sites for hydroxylation is 1. The van der Waals surface area contributed by atoms with Gasteiger partial charge in [-0.05, 0) is 61.0 Å². The SMILES string of the molecule is Cc1cc(F)cc(NC(=O)c2cc(-c3ccc(Cl)cc3)oc2C(F)(F)F)c1. The van der Waals surface area contributed by atoms with Crippen LogP contribution in [0.3, 0.4) is 0 Å². The summed E-state index contributed by atoms with van der Waals surface area (Å²) in [6.45, 7) is 1.59. The molecule has 1 amide bonds. The molecule has 0 spiro atoms. The molecule has 0 unspecified atom stereocenters. The zero-order valence-electron chi connectivity index (χ0n) is 13.8. The van der Waals surface area contributed by atoms with Gasteiger partial charge in [0.05, 0.1) is 5.56 Å². The molecule has 0 aliphatic heterocycles. The molecule has 3 rings (SSSR count). The van der Waals surface area contributed by atoms with Crippen molar-refractivity contribution in [3.63, 3.8) is 0 Å². The predicted molar refractivity (Wildman–Crippen MR) is 93.2 cm³/mol. The minimum absolute atomic E-state index is 0.0415. The molecule has 1 heterocycles. The van der Waals surface area contributed by atoms with Crippen molar-refractivity contribution in [1.82, 2.24) is 0 Å². The van der Waals surface area contributed by atoms with Crippen LogP contribution in [0.5, 0.6) is 0 Å². The smallest absolute Gasteiger partial charge is 0.450 e. The second-order valence-corrected chi connectivity index (χ2v) is 6.27. The van der Waals surface area contributed by atoms with Gasteiger partial charge in [-0.25, -0.2) is 4.39 Å². The van der Waals surface area contributed by atoms with Gasteiger partial charge in [-0.2, -0.15) is 13.2 Å². The Hall–Kier alpha value is -2.80. The van der Waals surface area contributed by atoms with Gasteiger partial charge in [0, 0.05) is 16.3 Å². The molecule has 0 aliphatic carbocycles. The lowest BCUT2D eigenvalue weighted by molar-refractivity contribution is -0.153. The summed E-state index contributed by atoms with van der Waals surface area (Å²) in [4.78, 5) is 12.4. The van der Waals surface area contributed by atoms with Crippen molar-refractivity contribution in [2.75, 3.05) is 5.32 Å². The third-order valence-corrected chi connectivity index (χ3v) is 3.91. The minimum Gasteiger partial charge on any atom is -0.451 e. The first-order chi connectivity index (χ1) is 12.6. The molecule has 0 bridgehead atoms. The van der Waals surface area contributed by atoms with Gasteiger partial charge in [-0.3, -0.25) is 4.79 Å². The molecular formula is C19H12ClF4NO2. The molecule has 0 aliphatic rings. The molecule has 1 N–H and O–H groups in total. The van der Waals surface area contributed by atoms with Crippen LogP contribution in [0.25, 0.3) is 11.3 Å². The topological polar surface area (TPSA) is 42.2 Å². The lowest BCUT2D eigenvalue weighted by atomic mass is 10.1. The Balaban J connectivity index is 2.00.